The third kappa shape index (κ3) is 4.02. The van der Waals surface area contributed by atoms with Gasteiger partial charge in [0.05, 0.1) is 18.7 Å². The van der Waals surface area contributed by atoms with Gasteiger partial charge in [-0.3, -0.25) is 10.1 Å². The van der Waals surface area contributed by atoms with Gasteiger partial charge in [-0.25, -0.2) is 0 Å². The largest absolute Gasteiger partial charge is 0.493 e. The smallest absolute Gasteiger partial charge is 0.301 e. The molecule has 19 heavy (non-hydrogen) atoms. The summed E-state index contributed by atoms with van der Waals surface area (Å²) in [6.07, 6.45) is 1.69. The SMILES string of the molecule is Cc1coc(NC(=O)CCOc2ccc(N)cc2)n1. The summed E-state index contributed by atoms with van der Waals surface area (Å²) in [5.74, 6) is 0.464. The van der Waals surface area contributed by atoms with Gasteiger partial charge in [0.15, 0.2) is 0 Å². The fraction of sp³-hybridized carbons (Fsp3) is 0.231. The number of benzene rings is 1. The van der Waals surface area contributed by atoms with Gasteiger partial charge in [-0.05, 0) is 31.2 Å². The quantitative estimate of drug-likeness (QED) is 0.803. The molecule has 1 aromatic carbocycles. The molecule has 6 nitrogen and oxygen atoms in total. The summed E-state index contributed by atoms with van der Waals surface area (Å²) in [5.41, 5.74) is 6.94. The number of amides is 1. The number of carbonyl (C=O) groups excluding carboxylic acids is 1. The monoisotopic (exact) mass is 261 g/mol. The topological polar surface area (TPSA) is 90.4 Å². The number of anilines is 2. The van der Waals surface area contributed by atoms with Crippen molar-refractivity contribution in [3.8, 4) is 5.75 Å². The van der Waals surface area contributed by atoms with Crippen LogP contribution in [0.5, 0.6) is 5.75 Å². The number of nitrogens with one attached hydrogen (secondary N) is 1. The fourth-order valence-corrected chi connectivity index (χ4v) is 1.42. The number of nitrogens with two attached hydrogens (primary N) is 1. The minimum atomic E-state index is -0.211. The van der Waals surface area contributed by atoms with E-state index in [2.05, 4.69) is 10.3 Å². The lowest BCUT2D eigenvalue weighted by Crippen LogP contribution is -2.15. The lowest BCUT2D eigenvalue weighted by molar-refractivity contribution is -0.116. The standard InChI is InChI=1S/C13H15N3O3/c1-9-8-19-13(15-9)16-12(17)6-7-18-11-4-2-10(14)3-5-11/h2-5,8H,6-7,14H2,1H3,(H,15,16,17). The number of hydrogen-bond donors (Lipinski definition) is 2. The van der Waals surface area contributed by atoms with Crippen LogP contribution < -0.4 is 15.8 Å². The molecule has 2 rings (SSSR count). The highest BCUT2D eigenvalue weighted by atomic mass is 16.5. The highest BCUT2D eigenvalue weighted by molar-refractivity contribution is 5.88. The molecule has 1 aromatic heterocycles. The normalized spacial score (nSPS) is 10.2. The molecule has 1 amide bonds. The summed E-state index contributed by atoms with van der Waals surface area (Å²) in [7, 11) is 0. The van der Waals surface area contributed by atoms with Gasteiger partial charge < -0.3 is 14.9 Å². The Kier molecular flexibility index (Phi) is 4.02. The first-order valence-electron chi connectivity index (χ1n) is 5.84. The van der Waals surface area contributed by atoms with Gasteiger partial charge in [0.25, 0.3) is 0 Å². The van der Waals surface area contributed by atoms with Crippen molar-refractivity contribution >= 4 is 17.6 Å². The number of hydrogen-bond acceptors (Lipinski definition) is 5. The highest BCUT2D eigenvalue weighted by Gasteiger charge is 2.06. The Hall–Kier alpha value is -2.50. The minimum absolute atomic E-state index is 0.204. The maximum Gasteiger partial charge on any atom is 0.301 e. The summed E-state index contributed by atoms with van der Waals surface area (Å²) < 4.78 is 10.4. The Morgan fingerprint density at radius 1 is 1.42 bits per heavy atom. The Bertz CT molecular complexity index is 549. The van der Waals surface area contributed by atoms with Crippen molar-refractivity contribution in [1.29, 1.82) is 0 Å². The van der Waals surface area contributed by atoms with E-state index in [-0.39, 0.29) is 24.9 Å². The number of nitrogens with zero attached hydrogens (tertiary/aromatic N) is 1. The maximum absolute atomic E-state index is 11.6. The second kappa shape index (κ2) is 5.90. The van der Waals surface area contributed by atoms with Crippen LogP contribution in [0.25, 0.3) is 0 Å². The van der Waals surface area contributed by atoms with Crippen LogP contribution >= 0.6 is 0 Å². The molecule has 3 N–H and O–H groups in total. The first-order valence-corrected chi connectivity index (χ1v) is 5.84. The summed E-state index contributed by atoms with van der Waals surface area (Å²) in [6.45, 7) is 2.05. The van der Waals surface area contributed by atoms with Gasteiger partial charge in [0.1, 0.15) is 12.0 Å². The van der Waals surface area contributed by atoms with Crippen molar-refractivity contribution in [2.75, 3.05) is 17.7 Å². The van der Waals surface area contributed by atoms with Crippen LogP contribution in [0.1, 0.15) is 12.1 Å². The Balaban J connectivity index is 1.73. The number of aromatic nitrogens is 1. The number of aryl methyl sites for hydroxylation is 1. The van der Waals surface area contributed by atoms with E-state index in [9.17, 15) is 4.79 Å². The molecule has 1 heterocycles. The molecule has 0 spiro atoms. The fourth-order valence-electron chi connectivity index (χ4n) is 1.42. The summed E-state index contributed by atoms with van der Waals surface area (Å²) in [6, 6.07) is 7.20. The highest BCUT2D eigenvalue weighted by Crippen LogP contribution is 2.13. The summed E-state index contributed by atoms with van der Waals surface area (Å²) >= 11 is 0. The van der Waals surface area contributed by atoms with Gasteiger partial charge in [0.2, 0.25) is 5.91 Å². The van der Waals surface area contributed by atoms with Crippen LogP contribution in [0, 0.1) is 6.92 Å². The summed E-state index contributed by atoms with van der Waals surface area (Å²) in [5, 5.41) is 2.54. The predicted molar refractivity (Wildman–Crippen MR) is 70.8 cm³/mol. The number of ether oxygens (including phenoxy) is 1. The molecule has 0 unspecified atom stereocenters. The Morgan fingerprint density at radius 3 is 2.79 bits per heavy atom. The van der Waals surface area contributed by atoms with Crippen LogP contribution in [0.2, 0.25) is 0 Å². The zero-order valence-corrected chi connectivity index (χ0v) is 10.6. The molecule has 0 fully saturated rings. The number of carbonyl (C=O) groups is 1. The third-order valence-corrected chi connectivity index (χ3v) is 2.34. The number of nitrogen functional groups attached to an aromatic ring is 1. The van der Waals surface area contributed by atoms with Gasteiger partial charge in [-0.1, -0.05) is 0 Å². The molecule has 0 atom stereocenters. The van der Waals surface area contributed by atoms with Crippen LogP contribution in [0.3, 0.4) is 0 Å². The van der Waals surface area contributed by atoms with Gasteiger partial charge in [0, 0.05) is 5.69 Å². The van der Waals surface area contributed by atoms with E-state index in [1.54, 1.807) is 31.2 Å². The lowest BCUT2D eigenvalue weighted by atomic mass is 10.3. The average molecular weight is 261 g/mol. The molecule has 0 aliphatic heterocycles. The van der Waals surface area contributed by atoms with Gasteiger partial charge in [-0.2, -0.15) is 4.98 Å². The van der Waals surface area contributed by atoms with Crippen molar-refractivity contribution < 1.29 is 13.9 Å². The van der Waals surface area contributed by atoms with Crippen molar-refractivity contribution in [2.45, 2.75) is 13.3 Å². The third-order valence-electron chi connectivity index (χ3n) is 2.34. The van der Waals surface area contributed by atoms with Crippen molar-refractivity contribution in [3.63, 3.8) is 0 Å². The van der Waals surface area contributed by atoms with E-state index in [4.69, 9.17) is 14.9 Å². The first-order chi connectivity index (χ1) is 9.13. The molecule has 100 valence electrons. The molecule has 6 heteroatoms. The van der Waals surface area contributed by atoms with Crippen LogP contribution in [0.4, 0.5) is 11.7 Å². The second-order valence-corrected chi connectivity index (χ2v) is 4.01. The maximum atomic E-state index is 11.6. The van der Waals surface area contributed by atoms with Crippen molar-refractivity contribution in [1.82, 2.24) is 4.98 Å². The van der Waals surface area contributed by atoms with E-state index < -0.39 is 0 Å². The zero-order chi connectivity index (χ0) is 13.7. The van der Waals surface area contributed by atoms with E-state index in [1.165, 1.54) is 6.26 Å². The van der Waals surface area contributed by atoms with Crippen LogP contribution in [-0.4, -0.2) is 17.5 Å². The lowest BCUT2D eigenvalue weighted by Gasteiger charge is -2.05. The van der Waals surface area contributed by atoms with Crippen molar-refractivity contribution in [3.05, 3.63) is 36.2 Å². The molecule has 0 aliphatic rings. The van der Waals surface area contributed by atoms with E-state index in [0.29, 0.717) is 17.1 Å². The van der Waals surface area contributed by atoms with Crippen LogP contribution in [-0.2, 0) is 4.79 Å². The molecular weight excluding hydrogens is 246 g/mol. The minimum Gasteiger partial charge on any atom is -0.493 e. The predicted octanol–water partition coefficient (Wildman–Crippen LogP) is 1.97. The Labute approximate surface area is 110 Å². The summed E-state index contributed by atoms with van der Waals surface area (Å²) in [4.78, 5) is 15.5. The van der Waals surface area contributed by atoms with Gasteiger partial charge in [-0.15, -0.1) is 0 Å². The molecule has 0 saturated carbocycles. The van der Waals surface area contributed by atoms with Crippen LogP contribution in [0.15, 0.2) is 34.9 Å². The van der Waals surface area contributed by atoms with Gasteiger partial charge >= 0.3 is 6.01 Å². The van der Waals surface area contributed by atoms with E-state index in [0.717, 1.165) is 0 Å². The zero-order valence-electron chi connectivity index (χ0n) is 10.6. The molecule has 0 aliphatic carbocycles. The average Bonchev–Trinajstić information content (AvgIpc) is 2.77. The van der Waals surface area contributed by atoms with Crippen molar-refractivity contribution in [2.24, 2.45) is 0 Å². The first kappa shape index (κ1) is 12.9. The molecular formula is C13H15N3O3. The number of rotatable bonds is 5. The molecule has 0 radical (unpaired) electrons. The Morgan fingerprint density at radius 2 is 2.16 bits per heavy atom. The molecule has 0 saturated heterocycles. The van der Waals surface area contributed by atoms with E-state index in [1.807, 2.05) is 0 Å². The number of oxazole rings is 1. The molecule has 2 aromatic rings. The van der Waals surface area contributed by atoms with E-state index >= 15 is 0 Å². The second-order valence-electron chi connectivity index (χ2n) is 4.01. The molecule has 0 bridgehead atoms.